The van der Waals surface area contributed by atoms with Gasteiger partial charge in [0.1, 0.15) is 0 Å². The molecule has 0 aromatic heterocycles. The molecule has 0 atom stereocenters. The first-order valence-corrected chi connectivity index (χ1v) is 6.55. The number of nitrogens with zero attached hydrogens (tertiary/aromatic N) is 9. The van der Waals surface area contributed by atoms with E-state index < -0.39 is 5.41 Å². The molecule has 0 aliphatic carbocycles. The van der Waals surface area contributed by atoms with E-state index in [4.69, 9.17) is 39.1 Å². The van der Waals surface area contributed by atoms with Gasteiger partial charge in [0, 0.05) is 0 Å². The fourth-order valence-electron chi connectivity index (χ4n) is 0.297. The molecule has 0 aromatic rings. The minimum absolute atomic E-state index is 1.91. The predicted molar refractivity (Wildman–Crippen MR) is 47.2 cm³/mol. The zero-order valence-corrected chi connectivity index (χ0v) is 8.01. The molecule has 13 heteroatoms. The predicted octanol–water partition coefficient (Wildman–Crippen LogP) is 4.94. The fraction of sp³-hybridized carbons (Fsp3) is 0. The number of hydrogen-bond acceptors (Lipinski definition) is 3. The second kappa shape index (κ2) is 2.68. The van der Waals surface area contributed by atoms with E-state index in [1.54, 1.807) is 0 Å². The van der Waals surface area contributed by atoms with Crippen LogP contribution in [0.25, 0.3) is 31.3 Å². The molecule has 0 heterocycles. The van der Waals surface area contributed by atoms with E-state index in [1.165, 1.54) is 0 Å². The van der Waals surface area contributed by atoms with Gasteiger partial charge in [-0.05, 0) is 0 Å². The van der Waals surface area contributed by atoms with Crippen molar-refractivity contribution < 1.29 is 4.20 Å². The van der Waals surface area contributed by atoms with E-state index in [2.05, 4.69) is 14.7 Å². The monoisotopic (exact) mass is 246 g/mol. The van der Waals surface area contributed by atoms with Crippen molar-refractivity contribution in [3.05, 3.63) is 31.3 Å². The van der Waals surface area contributed by atoms with Crippen LogP contribution in [-0.2, 0) is 0 Å². The molecule has 0 aliphatic heterocycles. The van der Waals surface area contributed by atoms with Crippen LogP contribution in [0.15, 0.2) is 14.7 Å². The molecule has 0 saturated carbocycles. The molecule has 0 N–H and O–H groups in total. The van der Waals surface area contributed by atoms with E-state index in [0.29, 0.717) is 0 Å². The summed E-state index contributed by atoms with van der Waals surface area (Å²) in [7, 11) is 0. The van der Waals surface area contributed by atoms with Crippen LogP contribution in [0.4, 0.5) is 4.20 Å². The molecule has 0 fully saturated rings. The van der Waals surface area contributed by atoms with E-state index >= 15 is 0 Å². The summed E-state index contributed by atoms with van der Waals surface area (Å²) in [6.45, 7) is 0. The van der Waals surface area contributed by atoms with Crippen molar-refractivity contribution in [3.8, 4) is 0 Å². The summed E-state index contributed by atoms with van der Waals surface area (Å²) >= 11 is 9.85. The third-order valence-electron chi connectivity index (χ3n) is 0.664. The van der Waals surface area contributed by atoms with Crippen molar-refractivity contribution in [2.75, 3.05) is 0 Å². The molecule has 0 aromatic carbocycles. The topological polar surface area (TPSA) is 146 Å². The van der Waals surface area contributed by atoms with Crippen molar-refractivity contribution >= 4 is 27.9 Å². The zero-order chi connectivity index (χ0) is 10.7. The number of halogens is 3. The van der Waals surface area contributed by atoms with Gasteiger partial charge in [-0.2, -0.15) is 0 Å². The molecule has 0 aliphatic rings. The molecule has 0 radical (unpaired) electrons. The average molecular weight is 247 g/mol. The van der Waals surface area contributed by atoms with Crippen molar-refractivity contribution in [1.82, 2.24) is 0 Å². The van der Waals surface area contributed by atoms with Gasteiger partial charge in [-0.3, -0.25) is 0 Å². The summed E-state index contributed by atoms with van der Waals surface area (Å²) in [5.74, 6) is 0. The Morgan fingerprint density at radius 2 is 1.15 bits per heavy atom. The minimum atomic E-state index is -6.81. The van der Waals surface area contributed by atoms with Gasteiger partial charge >= 0.3 is 78.1 Å². The molecule has 13 heavy (non-hydrogen) atoms. The number of hydrogen-bond donors (Lipinski definition) is 0. The Labute approximate surface area is 78.7 Å². The quantitative estimate of drug-likeness (QED) is 0.287. The van der Waals surface area contributed by atoms with E-state index in [1.807, 2.05) is 14.7 Å². The van der Waals surface area contributed by atoms with Crippen LogP contribution < -0.4 is 0 Å². The Morgan fingerprint density at radius 1 is 0.923 bits per heavy atom. The van der Waals surface area contributed by atoms with Crippen LogP contribution >= 0.6 is 27.9 Å². The molecule has 0 spiro atoms. The van der Waals surface area contributed by atoms with Crippen LogP contribution in [0.2, 0.25) is 0 Å². The van der Waals surface area contributed by atoms with Gasteiger partial charge in [-0.1, -0.05) is 0 Å². The normalized spacial score (nSPS) is 15.0. The summed E-state index contributed by atoms with van der Waals surface area (Å²) < 4.78 is 13.6. The molecular weight excluding hydrogens is 247 g/mol. The average Bonchev–Trinajstić information content (AvgIpc) is 1.84. The van der Waals surface area contributed by atoms with Crippen LogP contribution in [0.5, 0.6) is 0 Å². The van der Waals surface area contributed by atoms with Crippen LogP contribution in [0.3, 0.4) is 0 Å². The SMILES string of the molecule is [N-]=[N+]=N[P-](F)(Cl)(Cl)(N=[N+]=[N-])N=[N+]=[N-]. The molecule has 9 nitrogen and oxygen atoms in total. The van der Waals surface area contributed by atoms with Gasteiger partial charge in [-0.25, -0.2) is 0 Å². The van der Waals surface area contributed by atoms with Crippen LogP contribution in [0.1, 0.15) is 0 Å². The molecule has 0 amide bonds. The molecule has 0 rings (SSSR count). The van der Waals surface area contributed by atoms with E-state index in [0.717, 1.165) is 0 Å². The molecular formula is Cl2FN9P-. The Hall–Kier alpha value is -1.13. The Kier molecular flexibility index (Phi) is 2.45. The van der Waals surface area contributed by atoms with Gasteiger partial charge in [-0.15, -0.1) is 0 Å². The second-order valence-electron chi connectivity index (χ2n) is 1.68. The Bertz CT molecular complexity index is 324. The number of azide groups is 1. The first-order chi connectivity index (χ1) is 5.71. The third-order valence-corrected chi connectivity index (χ3v) is 3.21. The zero-order valence-electron chi connectivity index (χ0n) is 5.61. The molecule has 0 saturated heterocycles. The van der Waals surface area contributed by atoms with Gasteiger partial charge < -0.3 is 0 Å². The maximum atomic E-state index is 13.6. The summed E-state index contributed by atoms with van der Waals surface area (Å²) in [6, 6.07) is 0. The maximum absolute atomic E-state index is 13.6. The molecule has 0 bridgehead atoms. The van der Waals surface area contributed by atoms with Crippen molar-refractivity contribution in [2.24, 2.45) is 14.7 Å². The van der Waals surface area contributed by atoms with Crippen molar-refractivity contribution in [2.45, 2.75) is 0 Å². The summed E-state index contributed by atoms with van der Waals surface area (Å²) in [4.78, 5) is 12.4. The van der Waals surface area contributed by atoms with Crippen LogP contribution in [-0.4, -0.2) is 0 Å². The van der Waals surface area contributed by atoms with E-state index in [9.17, 15) is 4.20 Å². The molecule has 72 valence electrons. The first kappa shape index (κ1) is 11.9. The third kappa shape index (κ3) is 3.01. The van der Waals surface area contributed by atoms with Gasteiger partial charge in [0.2, 0.25) is 0 Å². The summed E-state index contributed by atoms with van der Waals surface area (Å²) in [5.41, 5.74) is 16.9. The van der Waals surface area contributed by atoms with E-state index in [-0.39, 0.29) is 0 Å². The van der Waals surface area contributed by atoms with Crippen molar-refractivity contribution in [1.29, 1.82) is 0 Å². The molecule has 0 unspecified atom stereocenters. The van der Waals surface area contributed by atoms with Gasteiger partial charge in [0.25, 0.3) is 0 Å². The van der Waals surface area contributed by atoms with Gasteiger partial charge in [0.15, 0.2) is 0 Å². The summed E-state index contributed by atoms with van der Waals surface area (Å²) in [5, 5.41) is 0. The second-order valence-corrected chi connectivity index (χ2v) is 9.52. The standard InChI is InChI=1S/Cl2FN9P/c1-13(2,3,10-7-4,11-8-5)12-9-6/q-1. The van der Waals surface area contributed by atoms with Crippen LogP contribution in [0, 0.1) is 0 Å². The fourth-order valence-corrected chi connectivity index (χ4v) is 1.44. The van der Waals surface area contributed by atoms with Crippen molar-refractivity contribution in [3.63, 3.8) is 0 Å². The Balaban J connectivity index is 6.10. The van der Waals surface area contributed by atoms with Gasteiger partial charge in [0.05, 0.1) is 0 Å². The Morgan fingerprint density at radius 3 is 1.31 bits per heavy atom. The number of rotatable bonds is 3. The first-order valence-electron chi connectivity index (χ1n) is 2.31. The summed E-state index contributed by atoms with van der Waals surface area (Å²) in [6.07, 6.45) is 0.